The first-order chi connectivity index (χ1) is 6.65. The van der Waals surface area contributed by atoms with Crippen LogP contribution in [0.1, 0.15) is 46.0 Å². The lowest BCUT2D eigenvalue weighted by Gasteiger charge is -2.43. The van der Waals surface area contributed by atoms with E-state index >= 15 is 0 Å². The van der Waals surface area contributed by atoms with Crippen LogP contribution in [0.2, 0.25) is 0 Å². The molecule has 2 saturated carbocycles. The van der Waals surface area contributed by atoms with Gasteiger partial charge in [0.2, 0.25) is 0 Å². The first-order valence-corrected chi connectivity index (χ1v) is 6.13. The van der Waals surface area contributed by atoms with Crippen LogP contribution in [0.15, 0.2) is 0 Å². The lowest BCUT2D eigenvalue weighted by molar-refractivity contribution is 0.145. The molecular weight excluding hydrogens is 172 g/mol. The van der Waals surface area contributed by atoms with Gasteiger partial charge in [-0.05, 0) is 43.9 Å². The van der Waals surface area contributed by atoms with Crippen molar-refractivity contribution in [3.63, 3.8) is 0 Å². The summed E-state index contributed by atoms with van der Waals surface area (Å²) in [7, 11) is 0. The highest BCUT2D eigenvalue weighted by Gasteiger charge is 2.39. The Balaban J connectivity index is 1.96. The van der Waals surface area contributed by atoms with E-state index in [0.717, 1.165) is 24.4 Å². The molecule has 0 aromatic rings. The Morgan fingerprint density at radius 1 is 1.21 bits per heavy atom. The molecule has 0 radical (unpaired) electrons. The second-order valence-electron chi connectivity index (χ2n) is 5.60. The molecule has 0 spiro atoms. The minimum atomic E-state index is 0.285. The van der Waals surface area contributed by atoms with E-state index in [1.165, 1.54) is 32.1 Å². The number of nitrogens with two attached hydrogens (primary N) is 1. The second kappa shape index (κ2) is 3.82. The molecule has 0 bridgehead atoms. The topological polar surface area (TPSA) is 38.0 Å². The Morgan fingerprint density at radius 3 is 2.43 bits per heavy atom. The molecule has 0 amide bonds. The molecule has 2 heteroatoms. The third kappa shape index (κ3) is 2.12. The van der Waals surface area contributed by atoms with Gasteiger partial charge in [0.1, 0.15) is 0 Å². The second-order valence-corrected chi connectivity index (χ2v) is 5.60. The fourth-order valence-corrected chi connectivity index (χ4v) is 2.74. The Hall–Kier alpha value is -0.0800. The van der Waals surface area contributed by atoms with Crippen LogP contribution in [0.4, 0.5) is 0 Å². The molecule has 82 valence electrons. The molecule has 2 nitrogen and oxygen atoms in total. The van der Waals surface area contributed by atoms with Gasteiger partial charge in [-0.25, -0.2) is 0 Å². The van der Waals surface area contributed by atoms with Crippen molar-refractivity contribution in [2.45, 2.75) is 57.5 Å². The molecule has 2 rings (SSSR count). The van der Waals surface area contributed by atoms with Crippen LogP contribution in [0, 0.1) is 11.8 Å². The molecule has 2 aliphatic carbocycles. The first kappa shape index (κ1) is 10.4. The number of hydrogen-bond donors (Lipinski definition) is 2. The van der Waals surface area contributed by atoms with E-state index in [2.05, 4.69) is 19.2 Å². The van der Waals surface area contributed by atoms with Gasteiger partial charge in [0, 0.05) is 18.1 Å². The van der Waals surface area contributed by atoms with E-state index in [1.54, 1.807) is 0 Å². The normalized spacial score (nSPS) is 43.9. The molecule has 14 heavy (non-hydrogen) atoms. The molecular formula is C12H24N2. The van der Waals surface area contributed by atoms with Gasteiger partial charge in [0.05, 0.1) is 0 Å². The zero-order valence-corrected chi connectivity index (χ0v) is 9.55. The van der Waals surface area contributed by atoms with Gasteiger partial charge >= 0.3 is 0 Å². The van der Waals surface area contributed by atoms with E-state index in [-0.39, 0.29) is 5.54 Å². The molecule has 0 saturated heterocycles. The van der Waals surface area contributed by atoms with E-state index < -0.39 is 0 Å². The maximum atomic E-state index is 5.96. The van der Waals surface area contributed by atoms with E-state index in [9.17, 15) is 0 Å². The average Bonchev–Trinajstić information content (AvgIpc) is 2.96. The third-order valence-electron chi connectivity index (χ3n) is 4.24. The van der Waals surface area contributed by atoms with Crippen LogP contribution in [0.3, 0.4) is 0 Å². The van der Waals surface area contributed by atoms with Gasteiger partial charge < -0.3 is 11.1 Å². The summed E-state index contributed by atoms with van der Waals surface area (Å²) in [6.07, 6.45) is 6.64. The molecule has 0 heterocycles. The van der Waals surface area contributed by atoms with Crippen molar-refractivity contribution in [1.29, 1.82) is 0 Å². The highest BCUT2D eigenvalue weighted by molar-refractivity contribution is 5.00. The van der Waals surface area contributed by atoms with Crippen LogP contribution in [-0.4, -0.2) is 18.1 Å². The number of nitrogens with one attached hydrogen (secondary N) is 1. The summed E-state index contributed by atoms with van der Waals surface area (Å²) < 4.78 is 0. The fraction of sp³-hybridized carbons (Fsp3) is 1.00. The average molecular weight is 196 g/mol. The Kier molecular flexibility index (Phi) is 2.85. The summed E-state index contributed by atoms with van der Waals surface area (Å²) in [5, 5.41) is 3.78. The predicted molar refractivity (Wildman–Crippen MR) is 60.1 cm³/mol. The van der Waals surface area contributed by atoms with Crippen molar-refractivity contribution in [3.8, 4) is 0 Å². The minimum Gasteiger partial charge on any atom is -0.329 e. The van der Waals surface area contributed by atoms with Crippen molar-refractivity contribution in [2.24, 2.45) is 17.6 Å². The maximum Gasteiger partial charge on any atom is 0.0309 e. The Bertz CT molecular complexity index is 200. The van der Waals surface area contributed by atoms with Crippen LogP contribution in [0.5, 0.6) is 0 Å². The highest BCUT2D eigenvalue weighted by Crippen LogP contribution is 2.37. The molecule has 0 aromatic heterocycles. The lowest BCUT2D eigenvalue weighted by atomic mass is 9.71. The van der Waals surface area contributed by atoms with Crippen molar-refractivity contribution in [2.75, 3.05) is 6.54 Å². The summed E-state index contributed by atoms with van der Waals surface area (Å²) in [6.45, 7) is 5.58. The monoisotopic (exact) mass is 196 g/mol. The van der Waals surface area contributed by atoms with Crippen LogP contribution in [0.25, 0.3) is 0 Å². The van der Waals surface area contributed by atoms with E-state index in [0.29, 0.717) is 0 Å². The summed E-state index contributed by atoms with van der Waals surface area (Å²) in [6, 6.07) is 0.791. The van der Waals surface area contributed by atoms with Gasteiger partial charge in [-0.15, -0.1) is 0 Å². The molecule has 3 N–H and O–H groups in total. The van der Waals surface area contributed by atoms with Gasteiger partial charge in [-0.3, -0.25) is 0 Å². The molecule has 2 fully saturated rings. The third-order valence-corrected chi connectivity index (χ3v) is 4.24. The van der Waals surface area contributed by atoms with E-state index in [1.807, 2.05) is 0 Å². The quantitative estimate of drug-likeness (QED) is 0.723. The van der Waals surface area contributed by atoms with Gasteiger partial charge in [-0.1, -0.05) is 13.8 Å². The number of hydrogen-bond acceptors (Lipinski definition) is 2. The largest absolute Gasteiger partial charge is 0.329 e. The summed E-state index contributed by atoms with van der Waals surface area (Å²) >= 11 is 0. The van der Waals surface area contributed by atoms with Gasteiger partial charge in [0.25, 0.3) is 0 Å². The van der Waals surface area contributed by atoms with E-state index in [4.69, 9.17) is 5.73 Å². The van der Waals surface area contributed by atoms with Crippen molar-refractivity contribution in [1.82, 2.24) is 5.32 Å². The smallest absolute Gasteiger partial charge is 0.0309 e. The Labute approximate surface area is 87.6 Å². The molecule has 0 aromatic carbocycles. The minimum absolute atomic E-state index is 0.285. The zero-order valence-electron chi connectivity index (χ0n) is 9.55. The number of rotatable bonds is 3. The van der Waals surface area contributed by atoms with Crippen molar-refractivity contribution < 1.29 is 0 Å². The van der Waals surface area contributed by atoms with Crippen LogP contribution < -0.4 is 11.1 Å². The van der Waals surface area contributed by atoms with Crippen LogP contribution in [-0.2, 0) is 0 Å². The first-order valence-electron chi connectivity index (χ1n) is 6.13. The zero-order chi connectivity index (χ0) is 10.2. The Morgan fingerprint density at radius 2 is 1.93 bits per heavy atom. The van der Waals surface area contributed by atoms with Gasteiger partial charge in [-0.2, -0.15) is 0 Å². The lowest BCUT2D eigenvalue weighted by Crippen LogP contribution is -2.55. The SMILES string of the molecule is CC1CCC(CN)(NC2CC2)CC1C. The van der Waals surface area contributed by atoms with Crippen LogP contribution >= 0.6 is 0 Å². The standard InChI is InChI=1S/C12H24N2/c1-9-5-6-12(8-13,7-10(9)2)14-11-3-4-11/h9-11,14H,3-8,13H2,1-2H3. The molecule has 2 aliphatic rings. The summed E-state index contributed by atoms with van der Waals surface area (Å²) in [5.74, 6) is 1.72. The molecule has 0 aliphatic heterocycles. The highest BCUT2D eigenvalue weighted by atomic mass is 15.1. The van der Waals surface area contributed by atoms with Crippen molar-refractivity contribution in [3.05, 3.63) is 0 Å². The van der Waals surface area contributed by atoms with Crippen molar-refractivity contribution >= 4 is 0 Å². The van der Waals surface area contributed by atoms with Gasteiger partial charge in [0.15, 0.2) is 0 Å². The summed E-state index contributed by atoms with van der Waals surface area (Å²) in [4.78, 5) is 0. The summed E-state index contributed by atoms with van der Waals surface area (Å²) in [5.41, 5.74) is 6.24. The maximum absolute atomic E-state index is 5.96. The molecule has 3 atom stereocenters. The predicted octanol–water partition coefficient (Wildman–Crippen LogP) is 1.89. The molecule has 3 unspecified atom stereocenters. The fourth-order valence-electron chi connectivity index (χ4n) is 2.74.